The summed E-state index contributed by atoms with van der Waals surface area (Å²) in [6, 6.07) is 8.63. The molecule has 0 aliphatic heterocycles. The van der Waals surface area contributed by atoms with Gasteiger partial charge in [-0.3, -0.25) is 4.79 Å². The number of rotatable bonds is 5. The summed E-state index contributed by atoms with van der Waals surface area (Å²) in [6.45, 7) is 0. The standard InChI is InChI=1S/C18H12BrClF2N2O2/c19-10-4-5-14(11(20)8-10)24-16(25)6-7-17-23-9-15(26-17)18-12(21)2-1-3-13(18)22/h1-5,8-9H,6-7H2,(H,24,25). The van der Waals surface area contributed by atoms with Crippen molar-refractivity contribution in [2.24, 2.45) is 0 Å². The molecule has 26 heavy (non-hydrogen) atoms. The molecule has 0 unspecified atom stereocenters. The third kappa shape index (κ3) is 4.28. The fraction of sp³-hybridized carbons (Fsp3) is 0.111. The van der Waals surface area contributed by atoms with Crippen molar-refractivity contribution >= 4 is 39.1 Å². The summed E-state index contributed by atoms with van der Waals surface area (Å²) in [6.07, 6.45) is 1.49. The van der Waals surface area contributed by atoms with Crippen molar-refractivity contribution in [2.75, 3.05) is 5.32 Å². The predicted octanol–water partition coefficient (Wildman–Crippen LogP) is 5.61. The highest BCUT2D eigenvalue weighted by atomic mass is 79.9. The number of anilines is 1. The van der Waals surface area contributed by atoms with Crippen LogP contribution in [-0.2, 0) is 11.2 Å². The van der Waals surface area contributed by atoms with Crippen LogP contribution in [-0.4, -0.2) is 10.9 Å². The van der Waals surface area contributed by atoms with E-state index in [0.717, 1.165) is 16.6 Å². The molecule has 0 fully saturated rings. The number of carbonyl (C=O) groups excluding carboxylic acids is 1. The normalized spacial score (nSPS) is 10.8. The average Bonchev–Trinajstić information content (AvgIpc) is 3.04. The van der Waals surface area contributed by atoms with Crippen LogP contribution in [0.5, 0.6) is 0 Å². The first kappa shape index (κ1) is 18.5. The van der Waals surface area contributed by atoms with E-state index in [-0.39, 0.29) is 36.0 Å². The van der Waals surface area contributed by atoms with Crippen LogP contribution in [0.15, 0.2) is 51.5 Å². The molecule has 1 amide bonds. The third-order valence-corrected chi connectivity index (χ3v) is 4.34. The van der Waals surface area contributed by atoms with Crippen LogP contribution in [0.4, 0.5) is 14.5 Å². The second-order valence-electron chi connectivity index (χ2n) is 5.39. The molecular formula is C18H12BrClF2N2O2. The number of benzene rings is 2. The van der Waals surface area contributed by atoms with Crippen molar-refractivity contribution in [1.82, 2.24) is 4.98 Å². The van der Waals surface area contributed by atoms with Crippen LogP contribution >= 0.6 is 27.5 Å². The molecule has 3 rings (SSSR count). The minimum absolute atomic E-state index is 0.0213. The predicted molar refractivity (Wildman–Crippen MR) is 98.0 cm³/mol. The van der Waals surface area contributed by atoms with E-state index >= 15 is 0 Å². The maximum atomic E-state index is 13.8. The minimum atomic E-state index is -0.740. The van der Waals surface area contributed by atoms with Crippen LogP contribution in [0.2, 0.25) is 5.02 Å². The number of amides is 1. The van der Waals surface area contributed by atoms with E-state index in [1.807, 2.05) is 0 Å². The second kappa shape index (κ2) is 7.97. The molecule has 1 heterocycles. The van der Waals surface area contributed by atoms with Gasteiger partial charge in [-0.05, 0) is 30.3 Å². The lowest BCUT2D eigenvalue weighted by molar-refractivity contribution is -0.116. The Labute approximate surface area is 161 Å². The summed E-state index contributed by atoms with van der Waals surface area (Å²) >= 11 is 9.33. The lowest BCUT2D eigenvalue weighted by atomic mass is 10.1. The molecule has 0 spiro atoms. The number of carbonyl (C=O) groups is 1. The largest absolute Gasteiger partial charge is 0.441 e. The highest BCUT2D eigenvalue weighted by molar-refractivity contribution is 9.10. The zero-order valence-corrected chi connectivity index (χ0v) is 15.6. The van der Waals surface area contributed by atoms with Gasteiger partial charge in [0, 0.05) is 17.3 Å². The van der Waals surface area contributed by atoms with Gasteiger partial charge in [0.2, 0.25) is 5.91 Å². The van der Waals surface area contributed by atoms with Gasteiger partial charge in [-0.25, -0.2) is 13.8 Å². The van der Waals surface area contributed by atoms with Gasteiger partial charge in [0.15, 0.2) is 11.7 Å². The molecule has 0 atom stereocenters. The van der Waals surface area contributed by atoms with Crippen molar-refractivity contribution in [3.8, 4) is 11.3 Å². The van der Waals surface area contributed by atoms with E-state index in [1.54, 1.807) is 18.2 Å². The first-order valence-electron chi connectivity index (χ1n) is 7.58. The van der Waals surface area contributed by atoms with Crippen LogP contribution in [0.3, 0.4) is 0 Å². The monoisotopic (exact) mass is 440 g/mol. The van der Waals surface area contributed by atoms with Crippen LogP contribution in [0.25, 0.3) is 11.3 Å². The number of nitrogens with one attached hydrogen (secondary N) is 1. The topological polar surface area (TPSA) is 55.1 Å². The molecule has 0 aliphatic rings. The van der Waals surface area contributed by atoms with Gasteiger partial charge in [0.1, 0.15) is 11.6 Å². The quantitative estimate of drug-likeness (QED) is 0.560. The van der Waals surface area contributed by atoms with Gasteiger partial charge < -0.3 is 9.73 Å². The Kier molecular flexibility index (Phi) is 5.68. The van der Waals surface area contributed by atoms with E-state index in [9.17, 15) is 13.6 Å². The van der Waals surface area contributed by atoms with Gasteiger partial charge in [-0.15, -0.1) is 0 Å². The van der Waals surface area contributed by atoms with Gasteiger partial charge in [0.05, 0.1) is 22.5 Å². The Morgan fingerprint density at radius 3 is 2.65 bits per heavy atom. The smallest absolute Gasteiger partial charge is 0.224 e. The number of hydrogen-bond acceptors (Lipinski definition) is 3. The minimum Gasteiger partial charge on any atom is -0.441 e. The summed E-state index contributed by atoms with van der Waals surface area (Å²) in [7, 11) is 0. The first-order valence-corrected chi connectivity index (χ1v) is 8.75. The van der Waals surface area contributed by atoms with Crippen LogP contribution in [0.1, 0.15) is 12.3 Å². The molecule has 0 aliphatic carbocycles. The third-order valence-electron chi connectivity index (χ3n) is 3.53. The van der Waals surface area contributed by atoms with Crippen LogP contribution in [0, 0.1) is 11.6 Å². The number of oxazole rings is 1. The van der Waals surface area contributed by atoms with E-state index < -0.39 is 11.6 Å². The van der Waals surface area contributed by atoms with Crippen molar-refractivity contribution in [2.45, 2.75) is 12.8 Å². The Morgan fingerprint density at radius 1 is 1.23 bits per heavy atom. The Hall–Kier alpha value is -2.25. The maximum Gasteiger partial charge on any atom is 0.224 e. The summed E-state index contributed by atoms with van der Waals surface area (Å²) < 4.78 is 33.7. The molecule has 3 aromatic rings. The van der Waals surface area contributed by atoms with Gasteiger partial charge in [0.25, 0.3) is 0 Å². The average molecular weight is 442 g/mol. The first-order chi connectivity index (χ1) is 12.4. The fourth-order valence-corrected chi connectivity index (χ4v) is 3.02. The van der Waals surface area contributed by atoms with E-state index in [0.29, 0.717) is 10.7 Å². The maximum absolute atomic E-state index is 13.8. The number of halogens is 4. The molecule has 2 aromatic carbocycles. The molecule has 0 saturated carbocycles. The summed E-state index contributed by atoms with van der Waals surface area (Å²) in [5, 5.41) is 3.09. The molecule has 4 nitrogen and oxygen atoms in total. The van der Waals surface area contributed by atoms with E-state index in [2.05, 4.69) is 26.2 Å². The molecule has 134 valence electrons. The number of hydrogen-bond donors (Lipinski definition) is 1. The highest BCUT2D eigenvalue weighted by Crippen LogP contribution is 2.27. The second-order valence-corrected chi connectivity index (χ2v) is 6.71. The molecule has 8 heteroatoms. The molecular weight excluding hydrogens is 430 g/mol. The molecule has 1 N–H and O–H groups in total. The van der Waals surface area contributed by atoms with E-state index in [1.165, 1.54) is 12.3 Å². The number of aryl methyl sites for hydroxylation is 1. The molecule has 0 bridgehead atoms. The lowest BCUT2D eigenvalue weighted by Crippen LogP contribution is -2.12. The van der Waals surface area contributed by atoms with Crippen molar-refractivity contribution < 1.29 is 18.0 Å². The molecule has 0 radical (unpaired) electrons. The number of aromatic nitrogens is 1. The lowest BCUT2D eigenvalue weighted by Gasteiger charge is -2.06. The van der Waals surface area contributed by atoms with E-state index in [4.69, 9.17) is 16.0 Å². The Balaban J connectivity index is 1.64. The molecule has 0 saturated heterocycles. The summed E-state index contributed by atoms with van der Waals surface area (Å²) in [5.74, 6) is -1.58. The van der Waals surface area contributed by atoms with Gasteiger partial charge in [-0.2, -0.15) is 0 Å². The van der Waals surface area contributed by atoms with Crippen molar-refractivity contribution in [3.63, 3.8) is 0 Å². The summed E-state index contributed by atoms with van der Waals surface area (Å²) in [4.78, 5) is 16.0. The number of nitrogens with zero attached hydrogens (tertiary/aromatic N) is 1. The van der Waals surface area contributed by atoms with Crippen molar-refractivity contribution in [3.05, 3.63) is 69.6 Å². The van der Waals surface area contributed by atoms with Gasteiger partial charge >= 0.3 is 0 Å². The summed E-state index contributed by atoms with van der Waals surface area (Å²) in [5.41, 5.74) is 0.207. The van der Waals surface area contributed by atoms with Crippen LogP contribution < -0.4 is 5.32 Å². The zero-order chi connectivity index (χ0) is 18.7. The Morgan fingerprint density at radius 2 is 1.96 bits per heavy atom. The zero-order valence-electron chi connectivity index (χ0n) is 13.2. The van der Waals surface area contributed by atoms with Gasteiger partial charge in [-0.1, -0.05) is 33.6 Å². The highest BCUT2D eigenvalue weighted by Gasteiger charge is 2.16. The molecule has 1 aromatic heterocycles. The SMILES string of the molecule is O=C(CCc1ncc(-c2c(F)cccc2F)o1)Nc1ccc(Br)cc1Cl. The van der Waals surface area contributed by atoms with Crippen molar-refractivity contribution in [1.29, 1.82) is 0 Å². The Bertz CT molecular complexity index is 942. The fourth-order valence-electron chi connectivity index (χ4n) is 2.30.